The Kier molecular flexibility index (Phi) is 5.31. The number of aromatic carboxylic acids is 1. The largest absolute Gasteiger partial charge is 0.478 e. The Balaban J connectivity index is 1.25. The van der Waals surface area contributed by atoms with Gasteiger partial charge in [-0.05, 0) is 81.1 Å². The van der Waals surface area contributed by atoms with Crippen molar-refractivity contribution in [2.45, 2.75) is 38.6 Å². The lowest BCUT2D eigenvalue weighted by Crippen LogP contribution is -2.49. The smallest absolute Gasteiger partial charge is 0.335 e. The highest BCUT2D eigenvalue weighted by molar-refractivity contribution is 6.34. The molecule has 8 nitrogen and oxygen atoms in total. The van der Waals surface area contributed by atoms with Crippen LogP contribution in [0.1, 0.15) is 50.9 Å². The van der Waals surface area contributed by atoms with E-state index in [2.05, 4.69) is 29.4 Å². The number of rotatable bonds is 4. The van der Waals surface area contributed by atoms with Crippen LogP contribution in [0, 0.1) is 6.92 Å². The van der Waals surface area contributed by atoms with Gasteiger partial charge in [0.25, 0.3) is 5.91 Å². The van der Waals surface area contributed by atoms with Crippen molar-refractivity contribution in [3.8, 4) is 5.69 Å². The number of benzene rings is 2. The molecular weight excluding hydrogens is 490 g/mol. The van der Waals surface area contributed by atoms with Crippen molar-refractivity contribution in [3.05, 3.63) is 94.0 Å². The van der Waals surface area contributed by atoms with Crippen LogP contribution in [-0.2, 0) is 12.8 Å². The summed E-state index contributed by atoms with van der Waals surface area (Å²) in [5.41, 5.74) is 6.65. The van der Waals surface area contributed by atoms with E-state index in [0.29, 0.717) is 22.5 Å². The SMILES string of the molecule is Cc1ccc2c3c(nn2c1)CC[C@@](C)(NC(=O)c1ccc(-n2cnc4cc(C(=O)O)ccc42)cc1Cl)C3. The van der Waals surface area contributed by atoms with Crippen molar-refractivity contribution in [2.75, 3.05) is 0 Å². The Bertz CT molecular complexity index is 1740. The zero-order chi connectivity index (χ0) is 25.9. The predicted octanol–water partition coefficient (Wildman–Crippen LogP) is 5.01. The number of aromatic nitrogens is 4. The van der Waals surface area contributed by atoms with Crippen LogP contribution < -0.4 is 5.32 Å². The fraction of sp³-hybridized carbons (Fsp3) is 0.214. The fourth-order valence-electron chi connectivity index (χ4n) is 5.16. The van der Waals surface area contributed by atoms with Crippen LogP contribution in [0.4, 0.5) is 0 Å². The third-order valence-electron chi connectivity index (χ3n) is 7.13. The molecule has 0 bridgehead atoms. The highest BCUT2D eigenvalue weighted by Gasteiger charge is 2.34. The first kappa shape index (κ1) is 23.2. The molecule has 0 fully saturated rings. The normalized spacial score (nSPS) is 17.2. The first-order chi connectivity index (χ1) is 17.7. The highest BCUT2D eigenvalue weighted by atomic mass is 35.5. The lowest BCUT2D eigenvalue weighted by molar-refractivity contribution is 0.0696. The number of carbonyl (C=O) groups excluding carboxylic acids is 1. The number of carbonyl (C=O) groups is 2. The molecule has 2 N–H and O–H groups in total. The van der Waals surface area contributed by atoms with Crippen molar-refractivity contribution in [1.82, 2.24) is 24.5 Å². The van der Waals surface area contributed by atoms with Crippen LogP contribution in [-0.4, -0.2) is 41.7 Å². The number of nitrogens with one attached hydrogen (secondary N) is 1. The molecule has 0 saturated carbocycles. The second-order valence-electron chi connectivity index (χ2n) is 9.94. The molecule has 0 aliphatic heterocycles. The summed E-state index contributed by atoms with van der Waals surface area (Å²) in [5.74, 6) is -1.23. The van der Waals surface area contributed by atoms with E-state index >= 15 is 0 Å². The van der Waals surface area contributed by atoms with Crippen LogP contribution >= 0.6 is 11.6 Å². The van der Waals surface area contributed by atoms with Gasteiger partial charge >= 0.3 is 5.97 Å². The maximum absolute atomic E-state index is 13.3. The number of aryl methyl sites for hydroxylation is 2. The van der Waals surface area contributed by atoms with E-state index in [1.165, 1.54) is 17.7 Å². The fourth-order valence-corrected chi connectivity index (χ4v) is 5.42. The monoisotopic (exact) mass is 513 g/mol. The van der Waals surface area contributed by atoms with Crippen LogP contribution in [0.3, 0.4) is 0 Å². The molecule has 9 heteroatoms. The Morgan fingerprint density at radius 1 is 1.11 bits per heavy atom. The summed E-state index contributed by atoms with van der Waals surface area (Å²) in [4.78, 5) is 28.9. The number of nitrogens with zero attached hydrogens (tertiary/aromatic N) is 4. The summed E-state index contributed by atoms with van der Waals surface area (Å²) in [6.07, 6.45) is 5.90. The number of imidazole rings is 1. The van der Waals surface area contributed by atoms with Crippen molar-refractivity contribution in [3.63, 3.8) is 0 Å². The molecule has 3 heterocycles. The summed E-state index contributed by atoms with van der Waals surface area (Å²) in [7, 11) is 0. The molecule has 186 valence electrons. The van der Waals surface area contributed by atoms with E-state index in [4.69, 9.17) is 16.7 Å². The number of hydrogen-bond acceptors (Lipinski definition) is 4. The Hall–Kier alpha value is -4.17. The van der Waals surface area contributed by atoms with Crippen molar-refractivity contribution < 1.29 is 14.7 Å². The summed E-state index contributed by atoms with van der Waals surface area (Å²) in [6, 6.07) is 14.2. The molecule has 0 unspecified atom stereocenters. The second kappa shape index (κ2) is 8.45. The molecule has 1 atom stereocenters. The van der Waals surface area contributed by atoms with Gasteiger partial charge < -0.3 is 10.4 Å². The third kappa shape index (κ3) is 4.03. The van der Waals surface area contributed by atoms with Gasteiger partial charge in [-0.1, -0.05) is 17.7 Å². The molecule has 3 aromatic heterocycles. The zero-order valence-corrected chi connectivity index (χ0v) is 21.1. The molecule has 5 aromatic rings. The highest BCUT2D eigenvalue weighted by Crippen LogP contribution is 2.32. The average molecular weight is 514 g/mol. The number of fused-ring (bicyclic) bond motifs is 4. The van der Waals surface area contributed by atoms with Crippen molar-refractivity contribution in [1.29, 1.82) is 0 Å². The van der Waals surface area contributed by atoms with E-state index < -0.39 is 11.5 Å². The molecule has 1 aliphatic rings. The molecular formula is C28H24ClN5O3. The molecule has 1 amide bonds. The number of pyridine rings is 1. The quantitative estimate of drug-likeness (QED) is 0.352. The second-order valence-corrected chi connectivity index (χ2v) is 10.3. The van der Waals surface area contributed by atoms with E-state index in [0.717, 1.165) is 40.8 Å². The number of hydrogen-bond donors (Lipinski definition) is 2. The van der Waals surface area contributed by atoms with E-state index in [9.17, 15) is 14.7 Å². The Labute approximate surface area is 217 Å². The van der Waals surface area contributed by atoms with Gasteiger partial charge in [0.2, 0.25) is 0 Å². The number of carboxylic acid groups (broad SMARTS) is 1. The molecule has 1 aliphatic carbocycles. The van der Waals surface area contributed by atoms with Crippen LogP contribution in [0.2, 0.25) is 5.02 Å². The zero-order valence-electron chi connectivity index (χ0n) is 20.3. The van der Waals surface area contributed by atoms with E-state index in [1.54, 1.807) is 24.5 Å². The standard InChI is InChI=1S/C28H24ClN5O3/c1-16-3-7-24-20-13-28(2,10-9-22(20)32-34(24)14-16)31-26(35)19-6-5-18(12-21(19)29)33-15-30-23-11-17(27(36)37)4-8-25(23)33/h3-8,11-12,14-15H,9-10,13H2,1-2H3,(H,31,35)(H,36,37)/t28-/m1/s1. The molecule has 37 heavy (non-hydrogen) atoms. The van der Waals surface area contributed by atoms with E-state index in [-0.39, 0.29) is 11.5 Å². The summed E-state index contributed by atoms with van der Waals surface area (Å²) in [5, 5.41) is 17.5. The molecule has 6 rings (SSSR count). The topological polar surface area (TPSA) is 102 Å². The maximum Gasteiger partial charge on any atom is 0.335 e. The first-order valence-electron chi connectivity index (χ1n) is 12.0. The lowest BCUT2D eigenvalue weighted by atomic mass is 9.81. The van der Waals surface area contributed by atoms with Crippen molar-refractivity contribution >= 4 is 40.0 Å². The molecule has 0 spiro atoms. The Morgan fingerprint density at radius 3 is 2.70 bits per heavy atom. The van der Waals surface area contributed by atoms with E-state index in [1.807, 2.05) is 28.3 Å². The predicted molar refractivity (Wildman–Crippen MR) is 141 cm³/mol. The first-order valence-corrected chi connectivity index (χ1v) is 12.4. The summed E-state index contributed by atoms with van der Waals surface area (Å²) < 4.78 is 3.75. The average Bonchev–Trinajstić information content (AvgIpc) is 3.43. The van der Waals surface area contributed by atoms with Gasteiger partial charge in [-0.15, -0.1) is 0 Å². The summed E-state index contributed by atoms with van der Waals surface area (Å²) in [6.45, 7) is 4.11. The third-order valence-corrected chi connectivity index (χ3v) is 7.44. The molecule has 0 saturated heterocycles. The Morgan fingerprint density at radius 2 is 1.92 bits per heavy atom. The minimum absolute atomic E-state index is 0.172. The maximum atomic E-state index is 13.3. The van der Waals surface area contributed by atoms with Crippen LogP contribution in [0.5, 0.6) is 0 Å². The van der Waals surface area contributed by atoms with Gasteiger partial charge in [0, 0.05) is 23.0 Å². The number of amides is 1. The van der Waals surface area contributed by atoms with Gasteiger partial charge in [-0.2, -0.15) is 5.10 Å². The van der Waals surface area contributed by atoms with Gasteiger partial charge in [-0.3, -0.25) is 9.36 Å². The minimum atomic E-state index is -1.01. The summed E-state index contributed by atoms with van der Waals surface area (Å²) >= 11 is 6.59. The van der Waals surface area contributed by atoms with Gasteiger partial charge in [0.05, 0.1) is 38.4 Å². The minimum Gasteiger partial charge on any atom is -0.478 e. The number of halogens is 1. The van der Waals surface area contributed by atoms with Crippen LogP contribution in [0.25, 0.3) is 22.2 Å². The molecule has 2 aromatic carbocycles. The molecule has 0 radical (unpaired) electrons. The lowest BCUT2D eigenvalue weighted by Gasteiger charge is -2.34. The number of carboxylic acids is 1. The van der Waals surface area contributed by atoms with Crippen molar-refractivity contribution in [2.24, 2.45) is 0 Å². The van der Waals surface area contributed by atoms with Gasteiger partial charge in [-0.25, -0.2) is 14.3 Å². The van der Waals surface area contributed by atoms with Gasteiger partial charge in [0.1, 0.15) is 6.33 Å². The van der Waals surface area contributed by atoms with Crippen LogP contribution in [0.15, 0.2) is 61.1 Å². The van der Waals surface area contributed by atoms with Gasteiger partial charge in [0.15, 0.2) is 0 Å².